The number of halogens is 1. The summed E-state index contributed by atoms with van der Waals surface area (Å²) in [7, 11) is 1.52. The second-order valence-electron chi connectivity index (χ2n) is 9.82. The number of carbonyl (C=O) groups excluding carboxylic acids is 1. The standard InChI is InChI=1S/C31H33ClN2O9S/c1-7-40-23-12-18(11-20(32)28(23)42-15-25(35)36)13-24-29(37)34-27(19-9-10-21(43-16(3)4)22(14-19)39-6)26(30(38)41-8-2)17(5)33-31(34)44-24/h9-14,16,27H,7-8,15H2,1-6H3,(H,35,36)/b24-13-/t27-/m0/s1. The lowest BCUT2D eigenvalue weighted by Gasteiger charge is -2.25. The Morgan fingerprint density at radius 2 is 1.86 bits per heavy atom. The van der Waals surface area contributed by atoms with Crippen molar-refractivity contribution in [3.63, 3.8) is 0 Å². The normalized spacial score (nSPS) is 14.6. The van der Waals surface area contributed by atoms with Crippen LogP contribution in [-0.2, 0) is 14.3 Å². The highest BCUT2D eigenvalue weighted by Crippen LogP contribution is 2.38. The first-order valence-electron chi connectivity index (χ1n) is 13.8. The summed E-state index contributed by atoms with van der Waals surface area (Å²) in [6.07, 6.45) is 1.53. The quantitative estimate of drug-likeness (QED) is 0.289. The number of carbonyl (C=O) groups is 2. The van der Waals surface area contributed by atoms with Gasteiger partial charge in [-0.2, -0.15) is 0 Å². The van der Waals surface area contributed by atoms with Crippen LogP contribution < -0.4 is 33.8 Å². The molecule has 234 valence electrons. The van der Waals surface area contributed by atoms with Crippen molar-refractivity contribution < 1.29 is 38.4 Å². The third kappa shape index (κ3) is 6.92. The number of hydrogen-bond donors (Lipinski definition) is 1. The molecule has 0 saturated carbocycles. The monoisotopic (exact) mass is 644 g/mol. The Balaban J connectivity index is 1.90. The van der Waals surface area contributed by atoms with Crippen molar-refractivity contribution in [3.05, 3.63) is 77.4 Å². The van der Waals surface area contributed by atoms with E-state index < -0.39 is 30.1 Å². The second kappa shape index (κ2) is 14.0. The highest BCUT2D eigenvalue weighted by Gasteiger charge is 2.34. The molecule has 0 radical (unpaired) electrons. The molecule has 0 unspecified atom stereocenters. The number of allylic oxidation sites excluding steroid dienone is 1. The fourth-order valence-corrected chi connectivity index (χ4v) is 5.99. The largest absolute Gasteiger partial charge is 0.493 e. The summed E-state index contributed by atoms with van der Waals surface area (Å²) >= 11 is 7.59. The van der Waals surface area contributed by atoms with Gasteiger partial charge in [0.25, 0.3) is 5.56 Å². The van der Waals surface area contributed by atoms with Crippen LogP contribution in [0.1, 0.15) is 51.8 Å². The van der Waals surface area contributed by atoms with Crippen molar-refractivity contribution in [2.45, 2.75) is 46.8 Å². The van der Waals surface area contributed by atoms with E-state index in [-0.39, 0.29) is 41.4 Å². The minimum atomic E-state index is -1.17. The Hall–Kier alpha value is -4.29. The first-order valence-corrected chi connectivity index (χ1v) is 15.0. The van der Waals surface area contributed by atoms with Gasteiger partial charge in [0.2, 0.25) is 0 Å². The third-order valence-electron chi connectivity index (χ3n) is 6.35. The molecular formula is C31H33ClN2O9S. The van der Waals surface area contributed by atoms with Gasteiger partial charge in [-0.05, 0) is 76.1 Å². The predicted octanol–water partition coefficient (Wildman–Crippen LogP) is 4.11. The zero-order valence-corrected chi connectivity index (χ0v) is 26.7. The third-order valence-corrected chi connectivity index (χ3v) is 7.62. The minimum absolute atomic E-state index is 0.0862. The Kier molecular flexibility index (Phi) is 10.4. The van der Waals surface area contributed by atoms with Crippen LogP contribution in [0.4, 0.5) is 0 Å². The number of nitrogens with zero attached hydrogens (tertiary/aromatic N) is 2. The molecule has 0 amide bonds. The summed E-state index contributed by atoms with van der Waals surface area (Å²) in [5, 5.41) is 9.14. The van der Waals surface area contributed by atoms with Crippen LogP contribution >= 0.6 is 22.9 Å². The maximum atomic E-state index is 14.0. The molecule has 0 saturated heterocycles. The molecule has 1 aromatic heterocycles. The van der Waals surface area contributed by atoms with E-state index in [4.69, 9.17) is 40.4 Å². The van der Waals surface area contributed by atoms with Crippen LogP contribution in [0.15, 0.2) is 51.4 Å². The molecule has 0 bridgehead atoms. The van der Waals surface area contributed by atoms with Crippen LogP contribution in [0, 0.1) is 0 Å². The molecule has 2 heterocycles. The van der Waals surface area contributed by atoms with Crippen LogP contribution in [0.5, 0.6) is 23.0 Å². The van der Waals surface area contributed by atoms with Gasteiger partial charge in [0.15, 0.2) is 34.4 Å². The highest BCUT2D eigenvalue weighted by molar-refractivity contribution is 7.07. The number of aromatic nitrogens is 1. The van der Waals surface area contributed by atoms with Crippen molar-refractivity contribution in [3.8, 4) is 23.0 Å². The van der Waals surface area contributed by atoms with E-state index in [0.717, 1.165) is 11.3 Å². The second-order valence-corrected chi connectivity index (χ2v) is 11.2. The van der Waals surface area contributed by atoms with E-state index in [2.05, 4.69) is 4.99 Å². The van der Waals surface area contributed by atoms with Crippen molar-refractivity contribution >= 4 is 41.0 Å². The zero-order chi connectivity index (χ0) is 32.1. The molecule has 0 fully saturated rings. The Labute approximate surface area is 262 Å². The fraction of sp³-hybridized carbons (Fsp3) is 0.355. The molecule has 0 spiro atoms. The Morgan fingerprint density at radius 1 is 1.11 bits per heavy atom. The number of methoxy groups -OCH3 is 1. The number of thiazole rings is 1. The molecule has 3 aromatic rings. The van der Waals surface area contributed by atoms with Crippen molar-refractivity contribution in [2.75, 3.05) is 26.9 Å². The van der Waals surface area contributed by atoms with Gasteiger partial charge in [-0.3, -0.25) is 9.36 Å². The number of ether oxygens (including phenoxy) is 5. The summed E-state index contributed by atoms with van der Waals surface area (Å²) in [6.45, 7) is 8.79. The number of carboxylic acids is 1. The fourth-order valence-electron chi connectivity index (χ4n) is 4.67. The SMILES string of the molecule is CCOC(=O)C1=C(C)N=c2s/c(=C\c3cc(Cl)c(OCC(=O)O)c(OCC)c3)c(=O)n2[C@H]1c1ccc(OC(C)C)c(OC)c1. The molecule has 0 aliphatic carbocycles. The molecule has 11 nitrogen and oxygen atoms in total. The van der Waals surface area contributed by atoms with E-state index in [1.165, 1.54) is 11.7 Å². The summed E-state index contributed by atoms with van der Waals surface area (Å²) < 4.78 is 29.6. The van der Waals surface area contributed by atoms with Crippen LogP contribution in [0.25, 0.3) is 6.08 Å². The molecule has 1 aliphatic heterocycles. The van der Waals surface area contributed by atoms with Gasteiger partial charge in [0.05, 0.1) is 53.3 Å². The Bertz CT molecular complexity index is 1790. The maximum Gasteiger partial charge on any atom is 0.341 e. The van der Waals surface area contributed by atoms with Gasteiger partial charge in [0.1, 0.15) is 0 Å². The number of benzene rings is 2. The number of rotatable bonds is 12. The zero-order valence-electron chi connectivity index (χ0n) is 25.1. The molecule has 2 aromatic carbocycles. The van der Waals surface area contributed by atoms with Gasteiger partial charge in [-0.1, -0.05) is 29.0 Å². The van der Waals surface area contributed by atoms with E-state index in [9.17, 15) is 14.4 Å². The number of fused-ring (bicyclic) bond motifs is 1. The number of carboxylic acid groups (broad SMARTS) is 1. The molecule has 4 rings (SSSR count). The van der Waals surface area contributed by atoms with E-state index >= 15 is 0 Å². The lowest BCUT2D eigenvalue weighted by atomic mass is 9.95. The molecule has 1 N–H and O–H groups in total. The highest BCUT2D eigenvalue weighted by atomic mass is 35.5. The summed E-state index contributed by atoms with van der Waals surface area (Å²) in [5.41, 5.74) is 1.37. The summed E-state index contributed by atoms with van der Waals surface area (Å²) in [4.78, 5) is 43.3. The number of aliphatic carboxylic acids is 1. The molecule has 13 heteroatoms. The first-order chi connectivity index (χ1) is 21.0. The molecule has 1 aliphatic rings. The average Bonchev–Trinajstić information content (AvgIpc) is 3.25. The lowest BCUT2D eigenvalue weighted by molar-refractivity contribution is -0.140. The topological polar surface area (TPSA) is 135 Å². The van der Waals surface area contributed by atoms with E-state index in [1.807, 2.05) is 13.8 Å². The first kappa shape index (κ1) is 32.6. The Morgan fingerprint density at radius 3 is 2.50 bits per heavy atom. The smallest absolute Gasteiger partial charge is 0.341 e. The van der Waals surface area contributed by atoms with E-state index in [1.54, 1.807) is 57.2 Å². The van der Waals surface area contributed by atoms with Gasteiger partial charge in [0, 0.05) is 0 Å². The number of hydrogen-bond acceptors (Lipinski definition) is 10. The van der Waals surface area contributed by atoms with Gasteiger partial charge < -0.3 is 28.8 Å². The van der Waals surface area contributed by atoms with Crippen molar-refractivity contribution in [1.29, 1.82) is 0 Å². The van der Waals surface area contributed by atoms with Crippen molar-refractivity contribution in [1.82, 2.24) is 4.57 Å². The van der Waals surface area contributed by atoms with Gasteiger partial charge >= 0.3 is 11.9 Å². The van der Waals surface area contributed by atoms with E-state index in [0.29, 0.717) is 37.7 Å². The van der Waals surface area contributed by atoms with Gasteiger partial charge in [-0.25, -0.2) is 14.6 Å². The van der Waals surface area contributed by atoms with Crippen molar-refractivity contribution in [2.24, 2.45) is 4.99 Å². The number of esters is 1. The van der Waals surface area contributed by atoms with Gasteiger partial charge in [-0.15, -0.1) is 0 Å². The molecule has 44 heavy (non-hydrogen) atoms. The molecular weight excluding hydrogens is 612 g/mol. The minimum Gasteiger partial charge on any atom is -0.493 e. The summed E-state index contributed by atoms with van der Waals surface area (Å²) in [6, 6.07) is 7.56. The van der Waals surface area contributed by atoms with Crippen LogP contribution in [0.3, 0.4) is 0 Å². The van der Waals surface area contributed by atoms with Crippen LogP contribution in [-0.4, -0.2) is 54.6 Å². The maximum absolute atomic E-state index is 14.0. The predicted molar refractivity (Wildman–Crippen MR) is 165 cm³/mol. The summed E-state index contributed by atoms with van der Waals surface area (Å²) in [5.74, 6) is -0.466. The van der Waals surface area contributed by atoms with Crippen LogP contribution in [0.2, 0.25) is 5.02 Å². The lowest BCUT2D eigenvalue weighted by Crippen LogP contribution is -2.40. The molecule has 1 atom stereocenters. The average molecular weight is 645 g/mol.